The lowest BCUT2D eigenvalue weighted by molar-refractivity contribution is -0.0582. The topological polar surface area (TPSA) is 99.6 Å². The first-order valence-corrected chi connectivity index (χ1v) is 5.70. The number of rotatable bonds is 3. The van der Waals surface area contributed by atoms with Crippen molar-refractivity contribution < 1.29 is 14.6 Å². The van der Waals surface area contributed by atoms with E-state index < -0.39 is 18.0 Å². The fourth-order valence-corrected chi connectivity index (χ4v) is 2.03. The van der Waals surface area contributed by atoms with Crippen molar-refractivity contribution in [3.05, 3.63) is 22.2 Å². The van der Waals surface area contributed by atoms with Crippen molar-refractivity contribution in [1.29, 1.82) is 0 Å². The fraction of sp³-hybridized carbons (Fsp3) is 0.636. The van der Waals surface area contributed by atoms with Gasteiger partial charge in [0.2, 0.25) is 0 Å². The van der Waals surface area contributed by atoms with Crippen LogP contribution in [-0.2, 0) is 9.47 Å². The number of aliphatic hydroxyl groups excluding tert-OH is 1. The molecule has 3 N–H and O–H groups in total. The average Bonchev–Trinajstić information content (AvgIpc) is 2.65. The Kier molecular flexibility index (Phi) is 3.65. The van der Waals surface area contributed by atoms with Gasteiger partial charge in [-0.05, 0) is 6.92 Å². The van der Waals surface area contributed by atoms with Gasteiger partial charge in [0.25, 0.3) is 0 Å². The largest absolute Gasteiger partial charge is 0.388 e. The Labute approximate surface area is 104 Å². The van der Waals surface area contributed by atoms with Gasteiger partial charge in [-0.25, -0.2) is 4.79 Å². The number of anilines is 1. The molecule has 1 aromatic rings. The van der Waals surface area contributed by atoms with Crippen molar-refractivity contribution in [2.75, 3.05) is 19.5 Å². The van der Waals surface area contributed by atoms with E-state index >= 15 is 0 Å². The molecule has 0 aliphatic carbocycles. The molecule has 1 aliphatic heterocycles. The highest BCUT2D eigenvalue weighted by Crippen LogP contribution is 2.28. The van der Waals surface area contributed by atoms with Gasteiger partial charge in [-0.1, -0.05) is 0 Å². The minimum Gasteiger partial charge on any atom is -0.388 e. The van der Waals surface area contributed by atoms with Crippen molar-refractivity contribution in [3.8, 4) is 0 Å². The summed E-state index contributed by atoms with van der Waals surface area (Å²) in [7, 11) is 1.56. The first-order valence-electron chi connectivity index (χ1n) is 5.70. The Balaban J connectivity index is 2.27. The third-order valence-electron chi connectivity index (χ3n) is 2.97. The molecular formula is C11H17N3O4. The van der Waals surface area contributed by atoms with Crippen LogP contribution >= 0.6 is 0 Å². The highest BCUT2D eigenvalue weighted by molar-refractivity contribution is 5.35. The molecule has 3 atom stereocenters. The van der Waals surface area contributed by atoms with Crippen molar-refractivity contribution in [2.45, 2.75) is 31.8 Å². The zero-order valence-electron chi connectivity index (χ0n) is 10.4. The van der Waals surface area contributed by atoms with Gasteiger partial charge >= 0.3 is 5.69 Å². The second-order valence-corrected chi connectivity index (χ2v) is 4.41. The van der Waals surface area contributed by atoms with Crippen LogP contribution in [-0.4, -0.2) is 40.6 Å². The Hall–Kier alpha value is -1.44. The minimum atomic E-state index is -0.757. The molecule has 1 fully saturated rings. The van der Waals surface area contributed by atoms with Crippen molar-refractivity contribution in [3.63, 3.8) is 0 Å². The van der Waals surface area contributed by atoms with Gasteiger partial charge in [-0.15, -0.1) is 0 Å². The van der Waals surface area contributed by atoms with E-state index in [0.29, 0.717) is 18.6 Å². The van der Waals surface area contributed by atoms with Gasteiger partial charge in [0, 0.05) is 25.3 Å². The summed E-state index contributed by atoms with van der Waals surface area (Å²) in [6.07, 6.45) is 0.263. The molecule has 0 spiro atoms. The highest BCUT2D eigenvalue weighted by atomic mass is 16.6. The van der Waals surface area contributed by atoms with E-state index in [0.717, 1.165) is 0 Å². The van der Waals surface area contributed by atoms with Crippen molar-refractivity contribution in [1.82, 2.24) is 9.55 Å². The van der Waals surface area contributed by atoms with Crippen LogP contribution in [0.15, 0.2) is 11.0 Å². The summed E-state index contributed by atoms with van der Waals surface area (Å²) in [5.74, 6) is 0.192. The molecule has 2 heterocycles. The number of hydrogen-bond donors (Lipinski definition) is 2. The quantitative estimate of drug-likeness (QED) is 0.750. The average molecular weight is 255 g/mol. The lowest BCUT2D eigenvalue weighted by Gasteiger charge is -2.18. The van der Waals surface area contributed by atoms with Crippen LogP contribution in [0.4, 0.5) is 5.82 Å². The molecule has 2 rings (SSSR count). The molecule has 0 aromatic carbocycles. The zero-order chi connectivity index (χ0) is 13.3. The molecule has 1 unspecified atom stereocenters. The molecule has 0 radical (unpaired) electrons. The number of methoxy groups -OCH3 is 1. The molecule has 7 nitrogen and oxygen atoms in total. The summed E-state index contributed by atoms with van der Waals surface area (Å²) < 4.78 is 11.8. The Morgan fingerprint density at radius 2 is 2.44 bits per heavy atom. The number of hydrogen-bond acceptors (Lipinski definition) is 6. The van der Waals surface area contributed by atoms with Gasteiger partial charge < -0.3 is 20.3 Å². The van der Waals surface area contributed by atoms with E-state index in [1.807, 2.05) is 0 Å². The monoisotopic (exact) mass is 255 g/mol. The second-order valence-electron chi connectivity index (χ2n) is 4.41. The number of aryl methyl sites for hydroxylation is 1. The van der Waals surface area contributed by atoms with Crippen molar-refractivity contribution >= 4 is 5.82 Å². The van der Waals surface area contributed by atoms with Crippen LogP contribution in [0.2, 0.25) is 0 Å². The van der Waals surface area contributed by atoms with E-state index in [2.05, 4.69) is 4.98 Å². The van der Waals surface area contributed by atoms with Gasteiger partial charge in [0.1, 0.15) is 11.9 Å². The SMILES string of the molecule is COC[C@@H]1CC(O)[C@H](n2cc(C)c(N)nc2=O)O1. The van der Waals surface area contributed by atoms with Crippen LogP contribution in [0.1, 0.15) is 18.2 Å². The molecule has 1 aromatic heterocycles. The maximum atomic E-state index is 11.7. The molecule has 0 saturated carbocycles. The third-order valence-corrected chi connectivity index (χ3v) is 2.97. The number of aromatic nitrogens is 2. The van der Waals surface area contributed by atoms with Crippen LogP contribution in [0.3, 0.4) is 0 Å². The number of nitrogens with zero attached hydrogens (tertiary/aromatic N) is 2. The first kappa shape index (κ1) is 13.0. The predicted octanol–water partition coefficient (Wildman–Crippen LogP) is -0.571. The van der Waals surface area contributed by atoms with E-state index in [1.54, 1.807) is 20.2 Å². The van der Waals surface area contributed by atoms with Crippen molar-refractivity contribution in [2.24, 2.45) is 0 Å². The maximum absolute atomic E-state index is 11.7. The lowest BCUT2D eigenvalue weighted by atomic mass is 10.2. The Bertz CT molecular complexity index is 488. The maximum Gasteiger partial charge on any atom is 0.351 e. The zero-order valence-corrected chi connectivity index (χ0v) is 10.4. The number of nitrogens with two attached hydrogens (primary N) is 1. The van der Waals surface area contributed by atoms with Gasteiger partial charge in [-0.2, -0.15) is 4.98 Å². The molecule has 1 aliphatic rings. The molecule has 18 heavy (non-hydrogen) atoms. The van der Waals surface area contributed by atoms with E-state index in [9.17, 15) is 9.90 Å². The van der Waals surface area contributed by atoms with Crippen LogP contribution in [0.5, 0.6) is 0 Å². The normalized spacial score (nSPS) is 27.6. The number of ether oxygens (including phenoxy) is 2. The van der Waals surface area contributed by atoms with Gasteiger partial charge in [0.15, 0.2) is 6.23 Å². The third kappa shape index (κ3) is 2.38. The number of nitrogen functional groups attached to an aromatic ring is 1. The highest BCUT2D eigenvalue weighted by Gasteiger charge is 2.35. The molecule has 0 bridgehead atoms. The first-order chi connectivity index (χ1) is 8.52. The van der Waals surface area contributed by atoms with Crippen LogP contribution in [0.25, 0.3) is 0 Å². The number of aliphatic hydroxyl groups is 1. The lowest BCUT2D eigenvalue weighted by Crippen LogP contribution is -2.32. The van der Waals surface area contributed by atoms with E-state index in [-0.39, 0.29) is 11.9 Å². The van der Waals surface area contributed by atoms with E-state index in [4.69, 9.17) is 15.2 Å². The summed E-state index contributed by atoms with van der Waals surface area (Å²) in [4.78, 5) is 15.4. The standard InChI is InChI=1S/C11H17N3O4/c1-6-4-14(11(16)13-9(6)12)10-8(15)3-7(18-10)5-17-2/h4,7-8,10,15H,3,5H2,1-2H3,(H2,12,13,16)/t7-,8?,10+/m0/s1. The Morgan fingerprint density at radius 3 is 3.11 bits per heavy atom. The molecule has 7 heteroatoms. The Morgan fingerprint density at radius 1 is 1.72 bits per heavy atom. The molecular weight excluding hydrogens is 238 g/mol. The predicted molar refractivity (Wildman–Crippen MR) is 64.1 cm³/mol. The summed E-state index contributed by atoms with van der Waals surface area (Å²) in [5.41, 5.74) is 5.69. The van der Waals surface area contributed by atoms with E-state index in [1.165, 1.54) is 4.57 Å². The minimum absolute atomic E-state index is 0.192. The van der Waals surface area contributed by atoms with Crippen LogP contribution in [0, 0.1) is 6.92 Å². The fourth-order valence-electron chi connectivity index (χ4n) is 2.03. The molecule has 100 valence electrons. The molecule has 1 saturated heterocycles. The van der Waals surface area contributed by atoms with Gasteiger partial charge in [-0.3, -0.25) is 4.57 Å². The summed E-state index contributed by atoms with van der Waals surface area (Å²) >= 11 is 0. The van der Waals surface area contributed by atoms with Gasteiger partial charge in [0.05, 0.1) is 12.7 Å². The molecule has 0 amide bonds. The smallest absolute Gasteiger partial charge is 0.351 e. The van der Waals surface area contributed by atoms with Crippen LogP contribution < -0.4 is 11.4 Å². The summed E-state index contributed by atoms with van der Waals surface area (Å²) in [6, 6.07) is 0. The summed E-state index contributed by atoms with van der Waals surface area (Å²) in [6.45, 7) is 2.12. The summed E-state index contributed by atoms with van der Waals surface area (Å²) in [5, 5.41) is 9.92. The second kappa shape index (κ2) is 5.05.